The number of nitro groups is 1. The van der Waals surface area contributed by atoms with Crippen molar-refractivity contribution in [3.05, 3.63) is 87.2 Å². The second kappa shape index (κ2) is 7.14. The SMILES string of the molecule is O=[N+]([O-])c1cc(Cl)ccc1NCc1cccc(Cn2cccn2)c1. The Morgan fingerprint density at radius 1 is 1.17 bits per heavy atom. The topological polar surface area (TPSA) is 73.0 Å². The molecule has 0 aliphatic heterocycles. The molecule has 2 aromatic carbocycles. The molecule has 0 spiro atoms. The molecule has 24 heavy (non-hydrogen) atoms. The Kier molecular flexibility index (Phi) is 4.77. The van der Waals surface area contributed by atoms with E-state index in [1.807, 2.05) is 35.1 Å². The molecule has 6 nitrogen and oxygen atoms in total. The lowest BCUT2D eigenvalue weighted by Crippen LogP contribution is -2.04. The van der Waals surface area contributed by atoms with Crippen LogP contribution in [0.25, 0.3) is 0 Å². The minimum Gasteiger partial charge on any atom is -0.375 e. The van der Waals surface area contributed by atoms with Gasteiger partial charge < -0.3 is 5.32 Å². The highest BCUT2D eigenvalue weighted by Gasteiger charge is 2.13. The fraction of sp³-hybridized carbons (Fsp3) is 0.118. The van der Waals surface area contributed by atoms with Crippen LogP contribution in [-0.2, 0) is 13.1 Å². The summed E-state index contributed by atoms with van der Waals surface area (Å²) in [5, 5.41) is 18.7. The summed E-state index contributed by atoms with van der Waals surface area (Å²) in [5.74, 6) is 0. The van der Waals surface area contributed by atoms with Crippen molar-refractivity contribution in [3.8, 4) is 0 Å². The number of anilines is 1. The average Bonchev–Trinajstić information content (AvgIpc) is 3.07. The van der Waals surface area contributed by atoms with Gasteiger partial charge >= 0.3 is 0 Å². The molecule has 0 aliphatic rings. The predicted octanol–water partition coefficient (Wildman–Crippen LogP) is 4.11. The zero-order chi connectivity index (χ0) is 16.9. The first-order valence-corrected chi connectivity index (χ1v) is 7.73. The molecule has 0 fully saturated rings. The molecule has 0 atom stereocenters. The van der Waals surface area contributed by atoms with Crippen molar-refractivity contribution in [1.82, 2.24) is 9.78 Å². The first-order chi connectivity index (χ1) is 11.6. The van der Waals surface area contributed by atoms with E-state index < -0.39 is 4.92 Å². The Morgan fingerprint density at radius 2 is 2.00 bits per heavy atom. The van der Waals surface area contributed by atoms with Gasteiger partial charge in [0.05, 0.1) is 11.5 Å². The molecule has 1 N–H and O–H groups in total. The molecule has 7 heteroatoms. The van der Waals surface area contributed by atoms with E-state index in [1.165, 1.54) is 6.07 Å². The highest BCUT2D eigenvalue weighted by Crippen LogP contribution is 2.28. The third-order valence-corrected chi connectivity index (χ3v) is 3.77. The Morgan fingerprint density at radius 3 is 2.75 bits per heavy atom. The summed E-state index contributed by atoms with van der Waals surface area (Å²) < 4.78 is 1.84. The molecular formula is C17H15ClN4O2. The summed E-state index contributed by atoms with van der Waals surface area (Å²) in [5.41, 5.74) is 2.56. The summed E-state index contributed by atoms with van der Waals surface area (Å²) in [6.07, 6.45) is 3.65. The van der Waals surface area contributed by atoms with Gasteiger partial charge in [0.15, 0.2) is 0 Å². The highest BCUT2D eigenvalue weighted by molar-refractivity contribution is 6.30. The standard InChI is InChI=1S/C17H15ClN4O2/c18-15-5-6-16(17(10-15)22(23)24)19-11-13-3-1-4-14(9-13)12-21-8-2-7-20-21/h1-10,19H,11-12H2. The molecule has 122 valence electrons. The van der Waals surface area contributed by atoms with Crippen LogP contribution in [0.15, 0.2) is 60.9 Å². The van der Waals surface area contributed by atoms with Gasteiger partial charge in [-0.15, -0.1) is 0 Å². The first-order valence-electron chi connectivity index (χ1n) is 7.35. The van der Waals surface area contributed by atoms with E-state index in [1.54, 1.807) is 18.3 Å². The second-order valence-corrected chi connectivity index (χ2v) is 5.73. The Hall–Kier alpha value is -2.86. The number of nitro benzene ring substituents is 1. The van der Waals surface area contributed by atoms with E-state index in [2.05, 4.69) is 16.5 Å². The monoisotopic (exact) mass is 342 g/mol. The summed E-state index contributed by atoms with van der Waals surface area (Å²) >= 11 is 5.83. The van der Waals surface area contributed by atoms with E-state index in [9.17, 15) is 10.1 Å². The van der Waals surface area contributed by atoms with E-state index in [0.717, 1.165) is 11.1 Å². The van der Waals surface area contributed by atoms with E-state index in [0.29, 0.717) is 23.8 Å². The van der Waals surface area contributed by atoms with Crippen LogP contribution < -0.4 is 5.32 Å². The maximum Gasteiger partial charge on any atom is 0.293 e. The fourth-order valence-corrected chi connectivity index (χ4v) is 2.59. The van der Waals surface area contributed by atoms with Gasteiger partial charge in [-0.25, -0.2) is 0 Å². The van der Waals surface area contributed by atoms with E-state index >= 15 is 0 Å². The molecule has 0 unspecified atom stereocenters. The van der Waals surface area contributed by atoms with Crippen LogP contribution in [0.4, 0.5) is 11.4 Å². The molecule has 0 aliphatic carbocycles. The third kappa shape index (κ3) is 3.91. The van der Waals surface area contributed by atoms with Gasteiger partial charge in [0.1, 0.15) is 5.69 Å². The second-order valence-electron chi connectivity index (χ2n) is 5.30. The van der Waals surface area contributed by atoms with E-state index in [4.69, 9.17) is 11.6 Å². The van der Waals surface area contributed by atoms with Crippen LogP contribution in [0.5, 0.6) is 0 Å². The summed E-state index contributed by atoms with van der Waals surface area (Å²) in [4.78, 5) is 10.7. The smallest absolute Gasteiger partial charge is 0.293 e. The van der Waals surface area contributed by atoms with Crippen LogP contribution >= 0.6 is 11.6 Å². The van der Waals surface area contributed by atoms with Crippen molar-refractivity contribution in [2.24, 2.45) is 0 Å². The Balaban J connectivity index is 1.72. The molecule has 0 radical (unpaired) electrons. The number of nitrogens with zero attached hydrogens (tertiary/aromatic N) is 3. The highest BCUT2D eigenvalue weighted by atomic mass is 35.5. The van der Waals surface area contributed by atoms with Crippen molar-refractivity contribution in [2.75, 3.05) is 5.32 Å². The van der Waals surface area contributed by atoms with Gasteiger partial charge in [-0.1, -0.05) is 35.9 Å². The lowest BCUT2D eigenvalue weighted by atomic mass is 10.1. The van der Waals surface area contributed by atoms with Gasteiger partial charge in [-0.2, -0.15) is 5.10 Å². The van der Waals surface area contributed by atoms with Gasteiger partial charge in [-0.3, -0.25) is 14.8 Å². The van der Waals surface area contributed by atoms with Gasteiger partial charge in [-0.05, 0) is 29.3 Å². The summed E-state index contributed by atoms with van der Waals surface area (Å²) in [6.45, 7) is 1.16. The number of aromatic nitrogens is 2. The minimum atomic E-state index is -0.442. The number of hydrogen-bond acceptors (Lipinski definition) is 4. The first kappa shape index (κ1) is 16.0. The molecular weight excluding hydrogens is 328 g/mol. The van der Waals surface area contributed by atoms with Gasteiger partial charge in [0.2, 0.25) is 0 Å². The Bertz CT molecular complexity index is 850. The number of nitrogens with one attached hydrogen (secondary N) is 1. The van der Waals surface area contributed by atoms with Crippen LogP contribution in [0.2, 0.25) is 5.02 Å². The quantitative estimate of drug-likeness (QED) is 0.540. The van der Waals surface area contributed by atoms with Crippen LogP contribution in [-0.4, -0.2) is 14.7 Å². The Labute approximate surface area is 143 Å². The minimum absolute atomic E-state index is 0.0322. The van der Waals surface area contributed by atoms with Gasteiger partial charge in [0, 0.05) is 30.0 Å². The lowest BCUT2D eigenvalue weighted by molar-refractivity contribution is -0.383. The van der Waals surface area contributed by atoms with Crippen LogP contribution in [0, 0.1) is 10.1 Å². The van der Waals surface area contributed by atoms with Gasteiger partial charge in [0.25, 0.3) is 5.69 Å². The van der Waals surface area contributed by atoms with Crippen LogP contribution in [0.1, 0.15) is 11.1 Å². The maximum atomic E-state index is 11.1. The number of hydrogen-bond donors (Lipinski definition) is 1. The average molecular weight is 343 g/mol. The van der Waals surface area contributed by atoms with E-state index in [-0.39, 0.29) is 5.69 Å². The molecule has 3 rings (SSSR count). The normalized spacial score (nSPS) is 10.5. The summed E-state index contributed by atoms with van der Waals surface area (Å²) in [6, 6.07) is 14.5. The number of rotatable bonds is 6. The lowest BCUT2D eigenvalue weighted by Gasteiger charge is -2.09. The molecule has 0 amide bonds. The largest absolute Gasteiger partial charge is 0.375 e. The molecule has 0 saturated carbocycles. The van der Waals surface area contributed by atoms with Crippen LogP contribution in [0.3, 0.4) is 0 Å². The molecule has 1 heterocycles. The predicted molar refractivity (Wildman–Crippen MR) is 93.2 cm³/mol. The van der Waals surface area contributed by atoms with Crippen molar-refractivity contribution in [3.63, 3.8) is 0 Å². The molecule has 0 saturated heterocycles. The zero-order valence-corrected chi connectivity index (χ0v) is 13.5. The fourth-order valence-electron chi connectivity index (χ4n) is 2.42. The molecule has 0 bridgehead atoms. The van der Waals surface area contributed by atoms with Crippen molar-refractivity contribution >= 4 is 23.0 Å². The maximum absolute atomic E-state index is 11.1. The molecule has 3 aromatic rings. The molecule has 1 aromatic heterocycles. The number of benzene rings is 2. The van der Waals surface area contributed by atoms with Crippen molar-refractivity contribution < 1.29 is 4.92 Å². The third-order valence-electron chi connectivity index (χ3n) is 3.53. The summed E-state index contributed by atoms with van der Waals surface area (Å²) in [7, 11) is 0. The zero-order valence-electron chi connectivity index (χ0n) is 12.7. The number of halogens is 1. The van der Waals surface area contributed by atoms with Crippen molar-refractivity contribution in [2.45, 2.75) is 13.1 Å². The van der Waals surface area contributed by atoms with Crippen molar-refractivity contribution in [1.29, 1.82) is 0 Å².